The first-order chi connectivity index (χ1) is 7.57. The summed E-state index contributed by atoms with van der Waals surface area (Å²) in [7, 11) is 1.72. The van der Waals surface area contributed by atoms with Crippen LogP contribution >= 0.6 is 0 Å². The van der Waals surface area contributed by atoms with Crippen LogP contribution in [0.25, 0.3) is 0 Å². The fourth-order valence-electron chi connectivity index (χ4n) is 1.49. The van der Waals surface area contributed by atoms with Crippen molar-refractivity contribution < 1.29 is 9.90 Å². The van der Waals surface area contributed by atoms with Crippen LogP contribution in [-0.4, -0.2) is 27.4 Å². The van der Waals surface area contributed by atoms with E-state index in [1.165, 1.54) is 4.68 Å². The molecule has 0 fully saturated rings. The number of carboxylic acids is 1. The summed E-state index contributed by atoms with van der Waals surface area (Å²) in [4.78, 5) is 11.0. The number of aromatic nitrogens is 2. The van der Waals surface area contributed by atoms with Crippen LogP contribution in [0.15, 0.2) is 0 Å². The Morgan fingerprint density at radius 2 is 2.31 bits per heavy atom. The molecule has 1 heterocycles. The number of nitrogens with one attached hydrogen (secondary N) is 1. The Labute approximate surface area is 94.5 Å². The normalized spacial score (nSPS) is 9.44. The minimum atomic E-state index is -0.963. The van der Waals surface area contributed by atoms with Crippen LogP contribution in [0.4, 0.5) is 5.82 Å². The molecule has 86 valence electrons. The number of rotatable bonds is 4. The van der Waals surface area contributed by atoms with Gasteiger partial charge in [-0.3, -0.25) is 4.68 Å². The van der Waals surface area contributed by atoms with Crippen LogP contribution in [-0.2, 0) is 7.05 Å². The molecule has 1 aromatic heterocycles. The zero-order chi connectivity index (χ0) is 12.1. The number of hydrogen-bond donors (Lipinski definition) is 2. The van der Waals surface area contributed by atoms with Crippen LogP contribution in [0, 0.1) is 18.8 Å². The van der Waals surface area contributed by atoms with Crippen LogP contribution in [0.2, 0.25) is 0 Å². The van der Waals surface area contributed by atoms with Crippen LogP contribution in [0.5, 0.6) is 0 Å². The van der Waals surface area contributed by atoms with Gasteiger partial charge in [0.2, 0.25) is 0 Å². The molecular weight excluding hydrogens is 206 g/mol. The van der Waals surface area contributed by atoms with Crippen molar-refractivity contribution in [2.24, 2.45) is 7.05 Å². The van der Waals surface area contributed by atoms with Crippen molar-refractivity contribution in [3.8, 4) is 11.8 Å². The zero-order valence-electron chi connectivity index (χ0n) is 9.66. The van der Waals surface area contributed by atoms with Crippen LogP contribution in [0.1, 0.15) is 29.4 Å². The lowest BCUT2D eigenvalue weighted by Gasteiger charge is -2.05. The van der Waals surface area contributed by atoms with E-state index in [2.05, 4.69) is 22.3 Å². The van der Waals surface area contributed by atoms with E-state index in [0.29, 0.717) is 24.5 Å². The first-order valence-corrected chi connectivity index (χ1v) is 4.98. The highest BCUT2D eigenvalue weighted by Crippen LogP contribution is 2.18. The van der Waals surface area contributed by atoms with Crippen LogP contribution < -0.4 is 5.32 Å². The molecule has 0 spiro atoms. The SMILES string of the molecule is CC#CCCNc1c(C(=O)O)c(C)nn1C. The molecule has 5 nitrogen and oxygen atoms in total. The molecule has 0 bridgehead atoms. The Hall–Kier alpha value is -1.96. The predicted molar refractivity (Wildman–Crippen MR) is 61.5 cm³/mol. The third-order valence-electron chi connectivity index (χ3n) is 2.16. The molecule has 1 aromatic rings. The van der Waals surface area contributed by atoms with Gasteiger partial charge in [0.1, 0.15) is 11.4 Å². The van der Waals surface area contributed by atoms with Gasteiger partial charge < -0.3 is 10.4 Å². The van der Waals surface area contributed by atoms with Crippen LogP contribution in [0.3, 0.4) is 0 Å². The van der Waals surface area contributed by atoms with Crippen molar-refractivity contribution in [3.63, 3.8) is 0 Å². The summed E-state index contributed by atoms with van der Waals surface area (Å²) in [6, 6.07) is 0. The van der Waals surface area contributed by atoms with Crippen molar-refractivity contribution in [2.45, 2.75) is 20.3 Å². The van der Waals surface area contributed by atoms with Gasteiger partial charge in [-0.25, -0.2) is 4.79 Å². The molecular formula is C11H15N3O2. The monoisotopic (exact) mass is 221 g/mol. The highest BCUT2D eigenvalue weighted by atomic mass is 16.4. The van der Waals surface area contributed by atoms with E-state index in [0.717, 1.165) is 0 Å². The van der Waals surface area contributed by atoms with Gasteiger partial charge in [-0.1, -0.05) is 0 Å². The minimum absolute atomic E-state index is 0.229. The highest BCUT2D eigenvalue weighted by molar-refractivity contribution is 5.94. The van der Waals surface area contributed by atoms with Crippen molar-refractivity contribution in [3.05, 3.63) is 11.3 Å². The average Bonchev–Trinajstić information content (AvgIpc) is 2.48. The molecule has 0 aliphatic heterocycles. The van der Waals surface area contributed by atoms with Gasteiger partial charge in [-0.05, 0) is 13.8 Å². The number of anilines is 1. The van der Waals surface area contributed by atoms with Gasteiger partial charge in [0.25, 0.3) is 0 Å². The molecule has 1 rings (SSSR count). The molecule has 0 unspecified atom stereocenters. The maximum Gasteiger partial charge on any atom is 0.341 e. The molecule has 0 aromatic carbocycles. The van der Waals surface area contributed by atoms with Crippen molar-refractivity contribution in [1.29, 1.82) is 0 Å². The Kier molecular flexibility index (Phi) is 3.95. The highest BCUT2D eigenvalue weighted by Gasteiger charge is 2.18. The Bertz CT molecular complexity index is 452. The lowest BCUT2D eigenvalue weighted by Crippen LogP contribution is -2.09. The molecule has 0 saturated heterocycles. The maximum atomic E-state index is 11.0. The van der Waals surface area contributed by atoms with E-state index in [1.54, 1.807) is 20.9 Å². The zero-order valence-corrected chi connectivity index (χ0v) is 9.66. The number of carboxylic acid groups (broad SMARTS) is 1. The molecule has 0 amide bonds. The topological polar surface area (TPSA) is 67.2 Å². The Balaban J connectivity index is 2.84. The second-order valence-electron chi connectivity index (χ2n) is 3.34. The standard InChI is InChI=1S/C11H15N3O2/c1-4-5-6-7-12-10-9(11(15)16)8(2)13-14(10)3/h12H,6-7H2,1-3H3,(H,15,16). The summed E-state index contributed by atoms with van der Waals surface area (Å²) < 4.78 is 1.54. The summed E-state index contributed by atoms with van der Waals surface area (Å²) in [5, 5.41) is 16.1. The third-order valence-corrected chi connectivity index (χ3v) is 2.16. The second kappa shape index (κ2) is 5.21. The largest absolute Gasteiger partial charge is 0.477 e. The molecule has 5 heteroatoms. The summed E-state index contributed by atoms with van der Waals surface area (Å²) in [6.45, 7) is 4.07. The Morgan fingerprint density at radius 1 is 1.62 bits per heavy atom. The molecule has 0 aliphatic rings. The van der Waals surface area contributed by atoms with Gasteiger partial charge >= 0.3 is 5.97 Å². The van der Waals surface area contributed by atoms with E-state index in [4.69, 9.17) is 5.11 Å². The third kappa shape index (κ3) is 2.54. The van der Waals surface area contributed by atoms with E-state index in [-0.39, 0.29) is 5.56 Å². The van der Waals surface area contributed by atoms with Crippen molar-refractivity contribution in [2.75, 3.05) is 11.9 Å². The molecule has 2 N–H and O–H groups in total. The summed E-state index contributed by atoms with van der Waals surface area (Å²) in [5.74, 6) is 5.25. The molecule has 0 saturated carbocycles. The van der Waals surface area contributed by atoms with E-state index < -0.39 is 5.97 Å². The summed E-state index contributed by atoms with van der Waals surface area (Å²) >= 11 is 0. The molecule has 0 aliphatic carbocycles. The van der Waals surface area contributed by atoms with Crippen molar-refractivity contribution >= 4 is 11.8 Å². The summed E-state index contributed by atoms with van der Waals surface area (Å²) in [5.41, 5.74) is 0.742. The minimum Gasteiger partial charge on any atom is -0.477 e. The lowest BCUT2D eigenvalue weighted by atomic mass is 10.2. The number of carbonyl (C=O) groups is 1. The van der Waals surface area contributed by atoms with E-state index in [9.17, 15) is 4.79 Å². The quantitative estimate of drug-likeness (QED) is 0.593. The predicted octanol–water partition coefficient (Wildman–Crippen LogP) is 1.25. The maximum absolute atomic E-state index is 11.0. The molecule has 16 heavy (non-hydrogen) atoms. The lowest BCUT2D eigenvalue weighted by molar-refractivity contribution is 0.0697. The fraction of sp³-hybridized carbons (Fsp3) is 0.455. The van der Waals surface area contributed by atoms with Crippen molar-refractivity contribution in [1.82, 2.24) is 9.78 Å². The van der Waals surface area contributed by atoms with E-state index >= 15 is 0 Å². The number of aryl methyl sites for hydroxylation is 2. The fourth-order valence-corrected chi connectivity index (χ4v) is 1.49. The number of aromatic carboxylic acids is 1. The number of nitrogens with zero attached hydrogens (tertiary/aromatic N) is 2. The summed E-state index contributed by atoms with van der Waals surface area (Å²) in [6.07, 6.45) is 0.680. The number of hydrogen-bond acceptors (Lipinski definition) is 3. The van der Waals surface area contributed by atoms with Gasteiger partial charge in [-0.15, -0.1) is 11.8 Å². The average molecular weight is 221 g/mol. The van der Waals surface area contributed by atoms with Gasteiger partial charge in [0.05, 0.1) is 5.69 Å². The molecule has 0 atom stereocenters. The second-order valence-corrected chi connectivity index (χ2v) is 3.34. The Morgan fingerprint density at radius 3 is 2.88 bits per heavy atom. The first kappa shape index (κ1) is 12.1. The molecule has 0 radical (unpaired) electrons. The van der Waals surface area contributed by atoms with Gasteiger partial charge in [-0.2, -0.15) is 5.10 Å². The first-order valence-electron chi connectivity index (χ1n) is 4.98. The smallest absolute Gasteiger partial charge is 0.341 e. The van der Waals surface area contributed by atoms with E-state index in [1.807, 2.05) is 0 Å². The van der Waals surface area contributed by atoms with Gasteiger partial charge in [0, 0.05) is 20.0 Å². The van der Waals surface area contributed by atoms with Gasteiger partial charge in [0.15, 0.2) is 0 Å².